The fourth-order valence-electron chi connectivity index (χ4n) is 2.25. The molecule has 1 aromatic heterocycles. The van der Waals surface area contributed by atoms with Crippen LogP contribution in [-0.2, 0) is 4.74 Å². The quantitative estimate of drug-likeness (QED) is 0.486. The number of hydrogen-bond acceptors (Lipinski definition) is 5. The van der Waals surface area contributed by atoms with Crippen LogP contribution < -0.4 is 5.32 Å². The highest BCUT2D eigenvalue weighted by atomic mass is 16.6. The lowest BCUT2D eigenvalue weighted by atomic mass is 9.98. The molecule has 2 rings (SSSR count). The smallest absolute Gasteiger partial charge is 0.363 e. The number of anilines is 1. The van der Waals surface area contributed by atoms with Gasteiger partial charge in [0.1, 0.15) is 0 Å². The number of nitro groups is 1. The molecule has 104 valence electrons. The second kappa shape index (κ2) is 7.04. The highest BCUT2D eigenvalue weighted by Crippen LogP contribution is 2.20. The second-order valence-corrected chi connectivity index (χ2v) is 4.72. The SMILES string of the molecule is O=[N+]([O-])c1ccc(NCCOC2CCCCC2)cn1. The molecule has 1 aliphatic rings. The van der Waals surface area contributed by atoms with Crippen LogP contribution in [0.15, 0.2) is 18.3 Å². The maximum atomic E-state index is 10.5. The third-order valence-corrected chi connectivity index (χ3v) is 3.27. The molecule has 1 heterocycles. The Balaban J connectivity index is 1.66. The van der Waals surface area contributed by atoms with Crippen LogP contribution in [0.3, 0.4) is 0 Å². The molecular formula is C13H19N3O3. The van der Waals surface area contributed by atoms with Crippen LogP contribution >= 0.6 is 0 Å². The Hall–Kier alpha value is -1.69. The van der Waals surface area contributed by atoms with Gasteiger partial charge in [0.2, 0.25) is 0 Å². The van der Waals surface area contributed by atoms with E-state index < -0.39 is 4.92 Å². The van der Waals surface area contributed by atoms with Crippen LogP contribution in [0.4, 0.5) is 11.5 Å². The van der Waals surface area contributed by atoms with Gasteiger partial charge in [-0.2, -0.15) is 0 Å². The largest absolute Gasteiger partial charge is 0.380 e. The van der Waals surface area contributed by atoms with Crippen molar-refractivity contribution in [1.29, 1.82) is 0 Å². The molecule has 1 aromatic rings. The van der Waals surface area contributed by atoms with Crippen LogP contribution in [-0.4, -0.2) is 29.2 Å². The van der Waals surface area contributed by atoms with Crippen molar-refractivity contribution < 1.29 is 9.66 Å². The Bertz CT molecular complexity index is 402. The van der Waals surface area contributed by atoms with Crippen LogP contribution in [0.5, 0.6) is 0 Å². The van der Waals surface area contributed by atoms with Crippen molar-refractivity contribution in [2.45, 2.75) is 38.2 Å². The molecule has 6 nitrogen and oxygen atoms in total. The van der Waals surface area contributed by atoms with Crippen LogP contribution in [0.2, 0.25) is 0 Å². The van der Waals surface area contributed by atoms with E-state index in [2.05, 4.69) is 10.3 Å². The summed E-state index contributed by atoms with van der Waals surface area (Å²) in [6.45, 7) is 1.34. The third kappa shape index (κ3) is 4.48. The number of ether oxygens (including phenoxy) is 1. The second-order valence-electron chi connectivity index (χ2n) is 4.72. The third-order valence-electron chi connectivity index (χ3n) is 3.27. The summed E-state index contributed by atoms with van der Waals surface area (Å²) in [7, 11) is 0. The maximum absolute atomic E-state index is 10.5. The number of hydrogen-bond donors (Lipinski definition) is 1. The van der Waals surface area contributed by atoms with Crippen molar-refractivity contribution >= 4 is 11.5 Å². The number of nitrogens with zero attached hydrogens (tertiary/aromatic N) is 2. The lowest BCUT2D eigenvalue weighted by Crippen LogP contribution is -2.20. The van der Waals surface area contributed by atoms with Gasteiger partial charge < -0.3 is 20.2 Å². The van der Waals surface area contributed by atoms with Crippen molar-refractivity contribution in [3.8, 4) is 0 Å². The summed E-state index contributed by atoms with van der Waals surface area (Å²) < 4.78 is 5.78. The van der Waals surface area contributed by atoms with Crippen molar-refractivity contribution in [3.05, 3.63) is 28.4 Å². The van der Waals surface area contributed by atoms with Gasteiger partial charge in [-0.05, 0) is 28.8 Å². The van der Waals surface area contributed by atoms with Gasteiger partial charge in [-0.3, -0.25) is 0 Å². The van der Waals surface area contributed by atoms with Crippen molar-refractivity contribution in [2.24, 2.45) is 0 Å². The molecule has 0 amide bonds. The lowest BCUT2D eigenvalue weighted by Gasteiger charge is -2.22. The zero-order valence-electron chi connectivity index (χ0n) is 10.9. The number of aromatic nitrogens is 1. The average molecular weight is 265 g/mol. The minimum absolute atomic E-state index is 0.135. The molecule has 0 aliphatic heterocycles. The Morgan fingerprint density at radius 3 is 2.79 bits per heavy atom. The number of nitrogens with one attached hydrogen (secondary N) is 1. The molecule has 0 unspecified atom stereocenters. The van der Waals surface area contributed by atoms with Crippen LogP contribution in [0.25, 0.3) is 0 Å². The highest BCUT2D eigenvalue weighted by molar-refractivity contribution is 5.43. The summed E-state index contributed by atoms with van der Waals surface area (Å²) in [5.74, 6) is -0.135. The topological polar surface area (TPSA) is 77.3 Å². The van der Waals surface area contributed by atoms with Gasteiger partial charge in [-0.1, -0.05) is 19.3 Å². The molecule has 1 saturated carbocycles. The molecule has 0 saturated heterocycles. The molecule has 0 radical (unpaired) electrons. The fraction of sp³-hybridized carbons (Fsp3) is 0.615. The van der Waals surface area contributed by atoms with Crippen LogP contribution in [0, 0.1) is 10.1 Å². The Morgan fingerprint density at radius 2 is 2.16 bits per heavy atom. The van der Waals surface area contributed by atoms with E-state index in [4.69, 9.17) is 4.74 Å². The fourth-order valence-corrected chi connectivity index (χ4v) is 2.25. The Kier molecular flexibility index (Phi) is 5.09. The van der Waals surface area contributed by atoms with Gasteiger partial charge in [-0.25, -0.2) is 0 Å². The van der Waals surface area contributed by atoms with E-state index in [-0.39, 0.29) is 5.82 Å². The van der Waals surface area contributed by atoms with E-state index in [0.717, 1.165) is 5.69 Å². The first-order chi connectivity index (χ1) is 9.25. The molecule has 19 heavy (non-hydrogen) atoms. The first-order valence-corrected chi connectivity index (χ1v) is 6.71. The molecule has 0 aromatic carbocycles. The number of pyridine rings is 1. The first kappa shape index (κ1) is 13.7. The molecule has 0 spiro atoms. The Labute approximate surface area is 112 Å². The molecular weight excluding hydrogens is 246 g/mol. The monoisotopic (exact) mass is 265 g/mol. The molecule has 1 N–H and O–H groups in total. The van der Waals surface area contributed by atoms with Gasteiger partial charge in [0.05, 0.1) is 18.4 Å². The normalized spacial score (nSPS) is 16.2. The standard InChI is InChI=1S/C13H19N3O3/c17-16(18)13-7-6-11(10-15-13)14-8-9-19-12-4-2-1-3-5-12/h6-7,10,12,14H,1-5,8-9H2. The van der Waals surface area contributed by atoms with Gasteiger partial charge >= 0.3 is 5.82 Å². The minimum Gasteiger partial charge on any atom is -0.380 e. The van der Waals surface area contributed by atoms with Gasteiger partial charge in [0.15, 0.2) is 6.20 Å². The average Bonchev–Trinajstić information content (AvgIpc) is 2.45. The van der Waals surface area contributed by atoms with Gasteiger partial charge in [-0.15, -0.1) is 0 Å². The molecule has 6 heteroatoms. The van der Waals surface area contributed by atoms with E-state index >= 15 is 0 Å². The molecule has 1 fully saturated rings. The summed E-state index contributed by atoms with van der Waals surface area (Å²) >= 11 is 0. The van der Waals surface area contributed by atoms with Gasteiger partial charge in [0, 0.05) is 12.6 Å². The molecule has 1 aliphatic carbocycles. The minimum atomic E-state index is -0.504. The van der Waals surface area contributed by atoms with Crippen molar-refractivity contribution in [3.63, 3.8) is 0 Å². The summed E-state index contributed by atoms with van der Waals surface area (Å²) in [5.41, 5.74) is 0.776. The zero-order valence-corrected chi connectivity index (χ0v) is 10.9. The lowest BCUT2D eigenvalue weighted by molar-refractivity contribution is -0.389. The predicted octanol–water partition coefficient (Wildman–Crippen LogP) is 2.75. The molecule has 0 atom stereocenters. The maximum Gasteiger partial charge on any atom is 0.363 e. The number of rotatable bonds is 6. The predicted molar refractivity (Wildman–Crippen MR) is 72.2 cm³/mol. The molecule has 0 bridgehead atoms. The van der Waals surface area contributed by atoms with Crippen molar-refractivity contribution in [2.75, 3.05) is 18.5 Å². The van der Waals surface area contributed by atoms with E-state index in [0.29, 0.717) is 19.3 Å². The summed E-state index contributed by atoms with van der Waals surface area (Å²) in [4.78, 5) is 13.7. The summed E-state index contributed by atoms with van der Waals surface area (Å²) in [5, 5.41) is 13.6. The highest BCUT2D eigenvalue weighted by Gasteiger charge is 2.13. The Morgan fingerprint density at radius 1 is 1.37 bits per heavy atom. The summed E-state index contributed by atoms with van der Waals surface area (Å²) in [6, 6.07) is 3.05. The van der Waals surface area contributed by atoms with E-state index in [1.54, 1.807) is 6.07 Å². The van der Waals surface area contributed by atoms with E-state index in [1.807, 2.05) is 0 Å². The van der Waals surface area contributed by atoms with Crippen molar-refractivity contribution in [1.82, 2.24) is 4.98 Å². The zero-order chi connectivity index (χ0) is 13.5. The van der Waals surface area contributed by atoms with Crippen LogP contribution in [0.1, 0.15) is 32.1 Å². The van der Waals surface area contributed by atoms with Gasteiger partial charge in [0.25, 0.3) is 0 Å². The summed E-state index contributed by atoms with van der Waals surface area (Å²) in [6.07, 6.45) is 8.07. The van der Waals surface area contributed by atoms with E-state index in [9.17, 15) is 10.1 Å². The van der Waals surface area contributed by atoms with E-state index in [1.165, 1.54) is 44.4 Å². The first-order valence-electron chi connectivity index (χ1n) is 6.71.